The molecule has 12 heavy (non-hydrogen) atoms. The lowest BCUT2D eigenvalue weighted by atomic mass is 9.92. The Morgan fingerprint density at radius 1 is 1.50 bits per heavy atom. The number of aliphatic hydroxyl groups is 1. The van der Waals surface area contributed by atoms with Crippen molar-refractivity contribution >= 4 is 0 Å². The molecule has 0 amide bonds. The van der Waals surface area contributed by atoms with Gasteiger partial charge in [0.05, 0.1) is 18.5 Å². The molecular formula is C9H16N2O. The molecule has 0 saturated heterocycles. The Morgan fingerprint density at radius 2 is 2.17 bits per heavy atom. The number of aliphatic hydroxyl groups excluding tert-OH is 1. The van der Waals surface area contributed by atoms with E-state index in [1.807, 2.05) is 0 Å². The van der Waals surface area contributed by atoms with Gasteiger partial charge in [-0.05, 0) is 5.41 Å². The number of rotatable bonds is 2. The molecule has 1 aromatic rings. The van der Waals surface area contributed by atoms with Crippen LogP contribution in [0.5, 0.6) is 0 Å². The van der Waals surface area contributed by atoms with Gasteiger partial charge in [0.15, 0.2) is 0 Å². The van der Waals surface area contributed by atoms with Crippen LogP contribution in [0.25, 0.3) is 0 Å². The third-order valence-electron chi connectivity index (χ3n) is 1.55. The van der Waals surface area contributed by atoms with Crippen LogP contribution in [0, 0.1) is 5.41 Å². The van der Waals surface area contributed by atoms with E-state index in [9.17, 15) is 0 Å². The number of hydrogen-bond donors (Lipinski definition) is 2. The Hall–Kier alpha value is -0.830. The van der Waals surface area contributed by atoms with E-state index in [0.29, 0.717) is 0 Å². The summed E-state index contributed by atoms with van der Waals surface area (Å²) < 4.78 is 0. The Bertz CT molecular complexity index is 247. The van der Waals surface area contributed by atoms with Crippen molar-refractivity contribution in [3.05, 3.63) is 17.7 Å². The highest BCUT2D eigenvalue weighted by Gasteiger charge is 2.13. The smallest absolute Gasteiger partial charge is 0.106 e. The average Bonchev–Trinajstić information content (AvgIpc) is 2.32. The molecule has 3 heteroatoms. The van der Waals surface area contributed by atoms with Crippen molar-refractivity contribution in [1.29, 1.82) is 0 Å². The summed E-state index contributed by atoms with van der Waals surface area (Å²) in [6, 6.07) is 0. The zero-order valence-electron chi connectivity index (χ0n) is 7.89. The Morgan fingerprint density at radius 3 is 2.58 bits per heavy atom. The standard InChI is InChI=1S/C9H16N2O/c1-9(2,3)4-8-10-5-7(6-12)11-8/h5,12H,4,6H2,1-3H3,(H,10,11). The lowest BCUT2D eigenvalue weighted by molar-refractivity contribution is 0.277. The van der Waals surface area contributed by atoms with Gasteiger partial charge in [-0.1, -0.05) is 20.8 Å². The Kier molecular flexibility index (Phi) is 2.52. The predicted octanol–water partition coefficient (Wildman–Crippen LogP) is 1.49. The fourth-order valence-corrected chi connectivity index (χ4v) is 1.08. The molecule has 0 unspecified atom stereocenters. The molecule has 0 aliphatic rings. The summed E-state index contributed by atoms with van der Waals surface area (Å²) in [5.41, 5.74) is 1.03. The molecular weight excluding hydrogens is 152 g/mol. The molecule has 68 valence electrons. The summed E-state index contributed by atoms with van der Waals surface area (Å²) in [6.45, 7) is 6.52. The van der Waals surface area contributed by atoms with Crippen LogP contribution < -0.4 is 0 Å². The Labute approximate surface area is 72.8 Å². The maximum Gasteiger partial charge on any atom is 0.106 e. The van der Waals surface area contributed by atoms with E-state index in [1.165, 1.54) is 0 Å². The normalized spacial score (nSPS) is 12.0. The van der Waals surface area contributed by atoms with E-state index in [2.05, 4.69) is 30.7 Å². The zero-order valence-corrected chi connectivity index (χ0v) is 7.89. The molecule has 0 spiro atoms. The van der Waals surface area contributed by atoms with Crippen LogP contribution in [-0.4, -0.2) is 15.1 Å². The van der Waals surface area contributed by atoms with E-state index in [-0.39, 0.29) is 12.0 Å². The fourth-order valence-electron chi connectivity index (χ4n) is 1.08. The molecule has 2 N–H and O–H groups in total. The summed E-state index contributed by atoms with van der Waals surface area (Å²) in [4.78, 5) is 7.22. The first-order chi connectivity index (χ1) is 5.51. The van der Waals surface area contributed by atoms with Crippen LogP contribution in [-0.2, 0) is 13.0 Å². The highest BCUT2D eigenvalue weighted by Crippen LogP contribution is 2.18. The molecule has 0 aliphatic carbocycles. The summed E-state index contributed by atoms with van der Waals surface area (Å²) in [6.07, 6.45) is 2.59. The van der Waals surface area contributed by atoms with Crippen molar-refractivity contribution in [1.82, 2.24) is 9.97 Å². The van der Waals surface area contributed by atoms with Crippen molar-refractivity contribution in [2.75, 3.05) is 0 Å². The van der Waals surface area contributed by atoms with Crippen molar-refractivity contribution in [3.8, 4) is 0 Å². The molecule has 1 heterocycles. The minimum Gasteiger partial charge on any atom is -0.390 e. The highest BCUT2D eigenvalue weighted by molar-refractivity contribution is 5.01. The van der Waals surface area contributed by atoms with Gasteiger partial charge in [0.25, 0.3) is 0 Å². The van der Waals surface area contributed by atoms with E-state index < -0.39 is 0 Å². The van der Waals surface area contributed by atoms with Crippen LogP contribution in [0.4, 0.5) is 0 Å². The number of nitrogens with zero attached hydrogens (tertiary/aromatic N) is 1. The van der Waals surface area contributed by atoms with Gasteiger partial charge in [0, 0.05) is 6.42 Å². The average molecular weight is 168 g/mol. The van der Waals surface area contributed by atoms with Crippen LogP contribution in [0.15, 0.2) is 6.20 Å². The maximum atomic E-state index is 8.78. The molecule has 0 fully saturated rings. The third kappa shape index (κ3) is 2.66. The second-order valence-corrected chi connectivity index (χ2v) is 4.25. The second kappa shape index (κ2) is 3.27. The van der Waals surface area contributed by atoms with Gasteiger partial charge in [0.2, 0.25) is 0 Å². The highest BCUT2D eigenvalue weighted by atomic mass is 16.3. The minimum atomic E-state index is 0.0388. The molecule has 0 saturated carbocycles. The van der Waals surface area contributed by atoms with Crippen molar-refractivity contribution < 1.29 is 5.11 Å². The van der Waals surface area contributed by atoms with Crippen molar-refractivity contribution in [2.45, 2.75) is 33.8 Å². The first kappa shape index (κ1) is 9.26. The topological polar surface area (TPSA) is 48.9 Å². The van der Waals surface area contributed by atoms with E-state index in [4.69, 9.17) is 5.11 Å². The van der Waals surface area contributed by atoms with Crippen molar-refractivity contribution in [3.63, 3.8) is 0 Å². The van der Waals surface area contributed by atoms with Gasteiger partial charge in [-0.25, -0.2) is 4.98 Å². The Balaban J connectivity index is 2.64. The van der Waals surface area contributed by atoms with Crippen LogP contribution in [0.3, 0.4) is 0 Å². The summed E-state index contributed by atoms with van der Waals surface area (Å²) in [5, 5.41) is 8.78. The maximum absolute atomic E-state index is 8.78. The van der Waals surface area contributed by atoms with Gasteiger partial charge in [0.1, 0.15) is 5.82 Å². The number of hydrogen-bond acceptors (Lipinski definition) is 2. The number of aromatic nitrogens is 2. The van der Waals surface area contributed by atoms with Gasteiger partial charge in [-0.2, -0.15) is 0 Å². The first-order valence-corrected chi connectivity index (χ1v) is 4.15. The second-order valence-electron chi connectivity index (χ2n) is 4.25. The van der Waals surface area contributed by atoms with Crippen LogP contribution >= 0.6 is 0 Å². The quantitative estimate of drug-likeness (QED) is 0.703. The van der Waals surface area contributed by atoms with Crippen LogP contribution in [0.2, 0.25) is 0 Å². The van der Waals surface area contributed by atoms with E-state index in [1.54, 1.807) is 6.20 Å². The molecule has 0 bridgehead atoms. The summed E-state index contributed by atoms with van der Waals surface area (Å²) in [7, 11) is 0. The van der Waals surface area contributed by atoms with E-state index in [0.717, 1.165) is 17.9 Å². The molecule has 0 radical (unpaired) electrons. The summed E-state index contributed by atoms with van der Waals surface area (Å²) in [5.74, 6) is 0.951. The largest absolute Gasteiger partial charge is 0.390 e. The third-order valence-corrected chi connectivity index (χ3v) is 1.55. The van der Waals surface area contributed by atoms with Gasteiger partial charge in [-0.15, -0.1) is 0 Å². The first-order valence-electron chi connectivity index (χ1n) is 4.15. The molecule has 0 aliphatic heterocycles. The predicted molar refractivity (Wildman–Crippen MR) is 47.7 cm³/mol. The van der Waals surface area contributed by atoms with E-state index >= 15 is 0 Å². The van der Waals surface area contributed by atoms with Gasteiger partial charge in [-0.3, -0.25) is 0 Å². The SMILES string of the molecule is CC(C)(C)Cc1ncc(CO)[nH]1. The zero-order chi connectivity index (χ0) is 9.19. The van der Waals surface area contributed by atoms with Crippen molar-refractivity contribution in [2.24, 2.45) is 5.41 Å². The monoisotopic (exact) mass is 168 g/mol. The summed E-state index contributed by atoms with van der Waals surface area (Å²) >= 11 is 0. The lowest BCUT2D eigenvalue weighted by Crippen LogP contribution is -2.10. The van der Waals surface area contributed by atoms with Gasteiger partial charge < -0.3 is 10.1 Å². The lowest BCUT2D eigenvalue weighted by Gasteiger charge is -2.15. The molecule has 0 atom stereocenters. The number of aromatic amines is 1. The molecule has 3 nitrogen and oxygen atoms in total. The number of H-pyrrole nitrogens is 1. The molecule has 0 aromatic carbocycles. The fraction of sp³-hybridized carbons (Fsp3) is 0.667. The number of imidazole rings is 1. The van der Waals surface area contributed by atoms with Gasteiger partial charge >= 0.3 is 0 Å². The van der Waals surface area contributed by atoms with Crippen LogP contribution in [0.1, 0.15) is 32.3 Å². The molecule has 1 rings (SSSR count). The minimum absolute atomic E-state index is 0.0388. The molecule has 1 aromatic heterocycles. The number of nitrogens with one attached hydrogen (secondary N) is 1.